The van der Waals surface area contributed by atoms with Crippen LogP contribution in [0.1, 0.15) is 57.7 Å². The normalized spacial score (nSPS) is 14.2. The van der Waals surface area contributed by atoms with Gasteiger partial charge < -0.3 is 5.32 Å². The lowest BCUT2D eigenvalue weighted by molar-refractivity contribution is -0.122. The van der Waals surface area contributed by atoms with Crippen LogP contribution in [0, 0.1) is 17.2 Å². The first-order chi connectivity index (χ1) is 11.8. The Morgan fingerprint density at radius 1 is 1.28 bits per heavy atom. The maximum atomic E-state index is 12.5. The number of hydrogen-bond acceptors (Lipinski definition) is 4. The zero-order valence-electron chi connectivity index (χ0n) is 15.2. The molecule has 1 N–H and O–H groups in total. The highest BCUT2D eigenvalue weighted by Crippen LogP contribution is 2.13. The number of nitriles is 1. The molecule has 1 aromatic heterocycles. The molecule has 0 aromatic carbocycles. The van der Waals surface area contributed by atoms with Gasteiger partial charge in [-0.1, -0.05) is 26.7 Å². The van der Waals surface area contributed by atoms with Gasteiger partial charge in [-0.2, -0.15) is 5.26 Å². The molecule has 1 atom stereocenters. The average Bonchev–Trinajstić information content (AvgIpc) is 3.01. The van der Waals surface area contributed by atoms with E-state index in [-0.39, 0.29) is 24.1 Å². The third kappa shape index (κ3) is 4.38. The summed E-state index contributed by atoms with van der Waals surface area (Å²) in [5.41, 5.74) is -0.687. The predicted octanol–water partition coefficient (Wildman–Crippen LogP) is 1.16. The lowest BCUT2D eigenvalue weighted by Crippen LogP contribution is -2.46. The monoisotopic (exact) mass is 346 g/mol. The number of carbonyl (C=O) groups excluding carboxylic acids is 1. The highest BCUT2D eigenvalue weighted by molar-refractivity contribution is 5.76. The summed E-state index contributed by atoms with van der Waals surface area (Å²) in [4.78, 5) is 37.1. The van der Waals surface area contributed by atoms with Crippen LogP contribution >= 0.6 is 0 Å². The molecule has 0 spiro atoms. The van der Waals surface area contributed by atoms with Crippen molar-refractivity contribution in [1.82, 2.24) is 14.5 Å². The zero-order valence-corrected chi connectivity index (χ0v) is 15.2. The van der Waals surface area contributed by atoms with E-state index in [4.69, 9.17) is 0 Å². The summed E-state index contributed by atoms with van der Waals surface area (Å²) in [6, 6.07) is 1.87. The Morgan fingerprint density at radius 2 is 2.00 bits per heavy atom. The smallest absolute Gasteiger partial charge is 0.331 e. The Kier molecular flexibility index (Phi) is 6.18. The molecule has 136 valence electrons. The second-order valence-electron chi connectivity index (χ2n) is 7.16. The standard InChI is InChI=1S/C18H26N4O3/c1-12(2)6-4-7-13(3)20-16(23)11-22-17(24)14(10-19)15-8-5-9-21(15)18(22)25/h12-13H,4-9,11H2,1-3H3,(H,20,23)/t13-/m1/s1. The van der Waals surface area contributed by atoms with E-state index in [9.17, 15) is 19.6 Å². The van der Waals surface area contributed by atoms with Gasteiger partial charge in [0.05, 0.1) is 0 Å². The minimum Gasteiger partial charge on any atom is -0.352 e. The molecule has 0 fully saturated rings. The summed E-state index contributed by atoms with van der Waals surface area (Å²) in [6.07, 6.45) is 4.24. The molecule has 1 aromatic rings. The van der Waals surface area contributed by atoms with Crippen molar-refractivity contribution >= 4 is 5.91 Å². The fraction of sp³-hybridized carbons (Fsp3) is 0.667. The van der Waals surface area contributed by atoms with Crippen LogP contribution in [-0.2, 0) is 24.3 Å². The Balaban J connectivity index is 2.11. The number of nitrogens with zero attached hydrogens (tertiary/aromatic N) is 3. The number of hydrogen-bond donors (Lipinski definition) is 1. The van der Waals surface area contributed by atoms with Gasteiger partial charge in [-0.05, 0) is 32.1 Å². The molecule has 0 aliphatic carbocycles. The second-order valence-corrected chi connectivity index (χ2v) is 7.16. The SMILES string of the molecule is CC(C)CCC[C@@H](C)NC(=O)Cn1c(=O)c(C#N)c2n(c1=O)CCC2. The first-order valence-electron chi connectivity index (χ1n) is 8.91. The minimum atomic E-state index is -0.664. The second kappa shape index (κ2) is 8.15. The summed E-state index contributed by atoms with van der Waals surface area (Å²) >= 11 is 0. The van der Waals surface area contributed by atoms with Gasteiger partial charge in [-0.3, -0.25) is 14.2 Å². The molecule has 0 bridgehead atoms. The van der Waals surface area contributed by atoms with Crippen molar-refractivity contribution in [2.45, 2.75) is 72.0 Å². The fourth-order valence-corrected chi connectivity index (χ4v) is 3.26. The molecular weight excluding hydrogens is 320 g/mol. The topological polar surface area (TPSA) is 96.9 Å². The van der Waals surface area contributed by atoms with Gasteiger partial charge in [-0.15, -0.1) is 0 Å². The van der Waals surface area contributed by atoms with Gasteiger partial charge in [0.1, 0.15) is 18.2 Å². The lowest BCUT2D eigenvalue weighted by atomic mass is 10.0. The van der Waals surface area contributed by atoms with Crippen molar-refractivity contribution in [3.8, 4) is 6.07 Å². The van der Waals surface area contributed by atoms with Gasteiger partial charge in [-0.25, -0.2) is 9.36 Å². The third-order valence-corrected chi connectivity index (χ3v) is 4.57. The van der Waals surface area contributed by atoms with Crippen molar-refractivity contribution in [3.63, 3.8) is 0 Å². The van der Waals surface area contributed by atoms with Crippen molar-refractivity contribution in [2.75, 3.05) is 0 Å². The third-order valence-electron chi connectivity index (χ3n) is 4.57. The maximum Gasteiger partial charge on any atom is 0.331 e. The van der Waals surface area contributed by atoms with E-state index in [0.717, 1.165) is 30.3 Å². The van der Waals surface area contributed by atoms with Gasteiger partial charge >= 0.3 is 5.69 Å². The van der Waals surface area contributed by atoms with Crippen LogP contribution in [-0.4, -0.2) is 21.1 Å². The van der Waals surface area contributed by atoms with Gasteiger partial charge in [0.25, 0.3) is 5.56 Å². The summed E-state index contributed by atoms with van der Waals surface area (Å²) in [7, 11) is 0. The average molecular weight is 346 g/mol. The van der Waals surface area contributed by atoms with Crippen LogP contribution in [0.3, 0.4) is 0 Å². The first kappa shape index (κ1) is 19.0. The van der Waals surface area contributed by atoms with Gasteiger partial charge in [0.2, 0.25) is 5.91 Å². The van der Waals surface area contributed by atoms with Crippen molar-refractivity contribution < 1.29 is 4.79 Å². The summed E-state index contributed by atoms with van der Waals surface area (Å²) in [5.74, 6) is 0.246. The Morgan fingerprint density at radius 3 is 2.64 bits per heavy atom. The number of nitrogens with one attached hydrogen (secondary N) is 1. The number of carbonyl (C=O) groups is 1. The van der Waals surface area contributed by atoms with Crippen LogP contribution in [0.2, 0.25) is 0 Å². The van der Waals surface area contributed by atoms with E-state index in [1.807, 2.05) is 13.0 Å². The van der Waals surface area contributed by atoms with Crippen LogP contribution in [0.25, 0.3) is 0 Å². The molecule has 2 heterocycles. The maximum absolute atomic E-state index is 12.5. The molecule has 1 amide bonds. The van der Waals surface area contributed by atoms with Gasteiger partial charge in [0.15, 0.2) is 0 Å². The van der Waals surface area contributed by atoms with E-state index in [1.165, 1.54) is 4.57 Å². The lowest BCUT2D eigenvalue weighted by Gasteiger charge is -2.16. The molecule has 1 aliphatic heterocycles. The predicted molar refractivity (Wildman–Crippen MR) is 94.3 cm³/mol. The van der Waals surface area contributed by atoms with Crippen molar-refractivity contribution in [2.24, 2.45) is 5.92 Å². The molecular formula is C18H26N4O3. The highest BCUT2D eigenvalue weighted by atomic mass is 16.2. The number of rotatable bonds is 7. The largest absolute Gasteiger partial charge is 0.352 e. The molecule has 25 heavy (non-hydrogen) atoms. The first-order valence-corrected chi connectivity index (χ1v) is 8.91. The quantitative estimate of drug-likeness (QED) is 0.801. The van der Waals surface area contributed by atoms with Crippen LogP contribution in [0.15, 0.2) is 9.59 Å². The zero-order chi connectivity index (χ0) is 18.6. The molecule has 1 aliphatic rings. The van der Waals surface area contributed by atoms with Crippen LogP contribution in [0.4, 0.5) is 0 Å². The summed E-state index contributed by atoms with van der Waals surface area (Å²) < 4.78 is 2.32. The summed E-state index contributed by atoms with van der Waals surface area (Å²) in [6.45, 7) is 6.36. The van der Waals surface area contributed by atoms with Crippen molar-refractivity contribution in [1.29, 1.82) is 5.26 Å². The van der Waals surface area contributed by atoms with E-state index in [1.54, 1.807) is 0 Å². The Bertz CT molecular complexity index is 798. The van der Waals surface area contributed by atoms with E-state index in [2.05, 4.69) is 19.2 Å². The molecule has 7 nitrogen and oxygen atoms in total. The Labute approximate surface area is 147 Å². The minimum absolute atomic E-state index is 0.0186. The molecule has 7 heteroatoms. The number of fused-ring (bicyclic) bond motifs is 1. The van der Waals surface area contributed by atoms with Crippen molar-refractivity contribution in [3.05, 3.63) is 32.1 Å². The van der Waals surface area contributed by atoms with Crippen LogP contribution < -0.4 is 16.6 Å². The highest BCUT2D eigenvalue weighted by Gasteiger charge is 2.23. The van der Waals surface area contributed by atoms with E-state index < -0.39 is 11.2 Å². The number of aromatic nitrogens is 2. The van der Waals surface area contributed by atoms with E-state index in [0.29, 0.717) is 24.6 Å². The number of amides is 1. The van der Waals surface area contributed by atoms with E-state index >= 15 is 0 Å². The fourth-order valence-electron chi connectivity index (χ4n) is 3.26. The molecule has 0 saturated heterocycles. The molecule has 0 saturated carbocycles. The van der Waals surface area contributed by atoms with Crippen LogP contribution in [0.5, 0.6) is 0 Å². The van der Waals surface area contributed by atoms with Gasteiger partial charge in [0, 0.05) is 18.3 Å². The Hall–Kier alpha value is -2.36. The molecule has 0 unspecified atom stereocenters. The molecule has 0 radical (unpaired) electrons. The molecule has 2 rings (SSSR count). The summed E-state index contributed by atoms with van der Waals surface area (Å²) in [5, 5.41) is 12.1.